The third-order valence-electron chi connectivity index (χ3n) is 1.22. The molecule has 0 aliphatic carbocycles. The summed E-state index contributed by atoms with van der Waals surface area (Å²) in [5.41, 5.74) is 0.330. The predicted octanol–water partition coefficient (Wildman–Crippen LogP) is 2.30. The van der Waals surface area contributed by atoms with Crippen molar-refractivity contribution in [2.24, 2.45) is 4.74 Å². The smallest absolute Gasteiger partial charge is 0.331 e. The molecule has 0 saturated carbocycles. The molecule has 0 spiro atoms. The van der Waals surface area contributed by atoms with Crippen molar-refractivity contribution < 1.29 is 23.6 Å². The summed E-state index contributed by atoms with van der Waals surface area (Å²) in [6, 6.07) is 8.14. The minimum Gasteiger partial charge on any atom is -0.331 e. The average Bonchev–Trinajstić information content (AvgIpc) is 1.99. The Balaban J connectivity index is 2.96. The molecule has 0 bridgehead atoms. The summed E-state index contributed by atoms with van der Waals surface area (Å²) in [6.07, 6.45) is 0. The maximum absolute atomic E-state index is 10.5. The van der Waals surface area contributed by atoms with E-state index < -0.39 is 14.5 Å². The van der Waals surface area contributed by atoms with E-state index in [4.69, 9.17) is 9.79 Å². The topological polar surface area (TPSA) is 99.4 Å². The van der Waals surface area contributed by atoms with Gasteiger partial charge in [0.15, 0.2) is 0 Å². The maximum Gasteiger partial charge on any atom is 0.476 e. The molecule has 0 radical (unpaired) electrons. The van der Waals surface area contributed by atoms with E-state index in [1.165, 1.54) is 0 Å². The molecule has 0 amide bonds. The van der Waals surface area contributed by atoms with E-state index in [2.05, 4.69) is 21.3 Å². The van der Waals surface area contributed by atoms with Gasteiger partial charge in [-0.15, -0.1) is 0 Å². The van der Waals surface area contributed by atoms with Gasteiger partial charge in [-0.1, -0.05) is 30.4 Å². The van der Waals surface area contributed by atoms with Crippen molar-refractivity contribution in [2.75, 3.05) is 0 Å². The molecule has 0 aliphatic heterocycles. The second kappa shape index (κ2) is 4.80. The molecule has 9 heteroatoms. The SMILES string of the molecule is O=P(O)(O)OP(O)(S)=Nc1ccccc1. The van der Waals surface area contributed by atoms with E-state index in [0.717, 1.165) is 0 Å². The summed E-state index contributed by atoms with van der Waals surface area (Å²) in [7, 11) is -4.79. The van der Waals surface area contributed by atoms with Gasteiger partial charge in [0.1, 0.15) is 0 Å². The molecule has 3 N–H and O–H groups in total. The Morgan fingerprint density at radius 2 is 1.73 bits per heavy atom. The quantitative estimate of drug-likeness (QED) is 0.498. The van der Waals surface area contributed by atoms with Crippen molar-refractivity contribution in [2.45, 2.75) is 0 Å². The molecule has 6 nitrogen and oxygen atoms in total. The van der Waals surface area contributed by atoms with E-state index in [9.17, 15) is 9.46 Å². The number of hydrogen-bond donors (Lipinski definition) is 4. The van der Waals surface area contributed by atoms with Crippen molar-refractivity contribution in [3.8, 4) is 0 Å². The summed E-state index contributed by atoms with van der Waals surface area (Å²) in [4.78, 5) is 26.4. The van der Waals surface area contributed by atoms with Crippen LogP contribution >= 0.6 is 26.8 Å². The zero-order chi connectivity index (χ0) is 11.5. The lowest BCUT2D eigenvalue weighted by Gasteiger charge is -2.12. The first-order valence-corrected chi connectivity index (χ1v) is 7.98. The summed E-state index contributed by atoms with van der Waals surface area (Å²) in [5.74, 6) is 0. The fraction of sp³-hybridized carbons (Fsp3) is 0. The van der Waals surface area contributed by atoms with Gasteiger partial charge in [-0.25, -0.2) is 13.6 Å². The third kappa shape index (κ3) is 5.49. The molecule has 0 aliphatic rings. The number of thiol groups is 1. The van der Waals surface area contributed by atoms with Gasteiger partial charge in [-0.2, -0.15) is 0 Å². The van der Waals surface area contributed by atoms with Crippen LogP contribution in [0.1, 0.15) is 0 Å². The highest BCUT2D eigenvalue weighted by atomic mass is 32.7. The van der Waals surface area contributed by atoms with Crippen LogP contribution in [0, 0.1) is 0 Å². The molecule has 0 aromatic heterocycles. The standard InChI is InChI=1S/C6H9NO5P2S/c8-13(15,12-14(9,10)11)7-6-4-2-1-3-5-6/h1-5,8,15H,(H2,9,10,11). The Labute approximate surface area is 91.5 Å². The lowest BCUT2D eigenvalue weighted by Crippen LogP contribution is -1.81. The molecule has 0 heterocycles. The number of phosphoric acid groups is 1. The first kappa shape index (κ1) is 12.9. The van der Waals surface area contributed by atoms with Crippen LogP contribution in [0.3, 0.4) is 0 Å². The van der Waals surface area contributed by atoms with Gasteiger partial charge < -0.3 is 14.7 Å². The zero-order valence-corrected chi connectivity index (χ0v) is 10.0. The first-order chi connectivity index (χ1) is 6.79. The third-order valence-corrected chi connectivity index (χ3v) is 4.36. The van der Waals surface area contributed by atoms with E-state index >= 15 is 0 Å². The van der Waals surface area contributed by atoms with Crippen molar-refractivity contribution in [3.63, 3.8) is 0 Å². The molecule has 1 unspecified atom stereocenters. The van der Waals surface area contributed by atoms with E-state index in [1.54, 1.807) is 30.3 Å². The predicted molar refractivity (Wildman–Crippen MR) is 59.8 cm³/mol. The van der Waals surface area contributed by atoms with Crippen molar-refractivity contribution in [1.82, 2.24) is 0 Å². The summed E-state index contributed by atoms with van der Waals surface area (Å²) in [5, 5.41) is 0. The van der Waals surface area contributed by atoms with Crippen LogP contribution in [0.25, 0.3) is 0 Å². The largest absolute Gasteiger partial charge is 0.476 e. The van der Waals surface area contributed by atoms with Gasteiger partial charge >= 0.3 is 7.82 Å². The fourth-order valence-corrected chi connectivity index (χ4v) is 3.69. The highest BCUT2D eigenvalue weighted by Crippen LogP contribution is 2.63. The van der Waals surface area contributed by atoms with Crippen LogP contribution in [0.4, 0.5) is 5.69 Å². The minimum absolute atomic E-state index is 0.330. The summed E-state index contributed by atoms with van der Waals surface area (Å²) in [6.45, 7) is -3.73. The van der Waals surface area contributed by atoms with E-state index in [-0.39, 0.29) is 0 Å². The summed E-state index contributed by atoms with van der Waals surface area (Å²) < 4.78 is 18.1. The lowest BCUT2D eigenvalue weighted by atomic mass is 10.3. The molecule has 0 fully saturated rings. The van der Waals surface area contributed by atoms with Gasteiger partial charge in [-0.05, 0) is 12.1 Å². The lowest BCUT2D eigenvalue weighted by molar-refractivity contribution is 0.283. The van der Waals surface area contributed by atoms with Gasteiger partial charge in [-0.3, -0.25) is 0 Å². The molecule has 84 valence electrons. The monoisotopic (exact) mass is 269 g/mol. The number of benzene rings is 1. The zero-order valence-electron chi connectivity index (χ0n) is 7.33. The Morgan fingerprint density at radius 1 is 1.20 bits per heavy atom. The van der Waals surface area contributed by atoms with E-state index in [1.807, 2.05) is 0 Å². The molecule has 1 aromatic rings. The Hall–Kier alpha value is -0.130. The van der Waals surface area contributed by atoms with Crippen molar-refractivity contribution >= 4 is 32.5 Å². The van der Waals surface area contributed by atoms with Gasteiger partial charge in [0.2, 0.25) is 0 Å². The number of rotatable bonds is 3. The van der Waals surface area contributed by atoms with Crippen molar-refractivity contribution in [3.05, 3.63) is 30.3 Å². The molecular weight excluding hydrogens is 260 g/mol. The Bertz CT molecular complexity index is 424. The van der Waals surface area contributed by atoms with Crippen LogP contribution in [0.15, 0.2) is 35.1 Å². The molecule has 15 heavy (non-hydrogen) atoms. The van der Waals surface area contributed by atoms with E-state index in [0.29, 0.717) is 5.69 Å². The highest BCUT2D eigenvalue weighted by Gasteiger charge is 2.25. The van der Waals surface area contributed by atoms with Gasteiger partial charge in [0, 0.05) is 0 Å². The van der Waals surface area contributed by atoms with Crippen molar-refractivity contribution in [1.29, 1.82) is 0 Å². The Kier molecular flexibility index (Phi) is 4.14. The second-order valence-corrected chi connectivity index (χ2v) is 6.95. The molecule has 1 rings (SSSR count). The van der Waals surface area contributed by atoms with Gasteiger partial charge in [0.05, 0.1) is 5.69 Å². The number of hydrogen-bond acceptors (Lipinski definition) is 3. The first-order valence-electron chi connectivity index (χ1n) is 3.68. The Morgan fingerprint density at radius 3 is 2.20 bits per heavy atom. The number of nitrogens with zero attached hydrogens (tertiary/aromatic N) is 1. The highest BCUT2D eigenvalue weighted by molar-refractivity contribution is 8.45. The molecule has 1 atom stereocenters. The van der Waals surface area contributed by atoms with Crippen LogP contribution in [0.2, 0.25) is 0 Å². The molecular formula is C6H9NO5P2S. The van der Waals surface area contributed by atoms with Crippen LogP contribution in [0.5, 0.6) is 0 Å². The van der Waals surface area contributed by atoms with Crippen LogP contribution < -0.4 is 0 Å². The maximum atomic E-state index is 10.5. The second-order valence-electron chi connectivity index (χ2n) is 2.52. The normalized spacial score (nSPS) is 15.7. The molecule has 0 saturated heterocycles. The van der Waals surface area contributed by atoms with Crippen LogP contribution in [-0.4, -0.2) is 14.7 Å². The van der Waals surface area contributed by atoms with Gasteiger partial charge in [0.25, 0.3) is 6.71 Å². The summed E-state index contributed by atoms with van der Waals surface area (Å²) >= 11 is 3.58. The fourth-order valence-electron chi connectivity index (χ4n) is 0.806. The minimum atomic E-state index is -4.79. The van der Waals surface area contributed by atoms with Crippen LogP contribution in [-0.2, 0) is 8.88 Å². The average molecular weight is 269 g/mol. The molecule has 1 aromatic carbocycles.